The van der Waals surface area contributed by atoms with Gasteiger partial charge in [0.05, 0.1) is 31.3 Å². The van der Waals surface area contributed by atoms with Gasteiger partial charge in [0.2, 0.25) is 0 Å². The van der Waals surface area contributed by atoms with Gasteiger partial charge in [-0.1, -0.05) is 11.8 Å². The predicted molar refractivity (Wildman–Crippen MR) is 136 cm³/mol. The fourth-order valence-corrected chi connectivity index (χ4v) is 5.03. The summed E-state index contributed by atoms with van der Waals surface area (Å²) in [7, 11) is 1.62. The third kappa shape index (κ3) is 6.24. The third-order valence-electron chi connectivity index (χ3n) is 7.35. The molecule has 1 aliphatic rings. The maximum atomic E-state index is 13.8. The molecule has 0 spiro atoms. The van der Waals surface area contributed by atoms with Crippen molar-refractivity contribution in [3.05, 3.63) is 70.7 Å². The van der Waals surface area contributed by atoms with Crippen LogP contribution in [0.25, 0.3) is 10.9 Å². The minimum absolute atomic E-state index is 0.0814. The quantitative estimate of drug-likeness (QED) is 0.341. The second-order valence-electron chi connectivity index (χ2n) is 9.64. The smallest absolute Gasteiger partial charge is 0.174 e. The molecule has 2 heterocycles. The molecule has 1 aliphatic heterocycles. The zero-order valence-electron chi connectivity index (χ0n) is 20.9. The molecule has 1 saturated heterocycles. The Balaban J connectivity index is 1.36. The molecule has 4 rings (SSSR count). The number of likely N-dealkylation sites (tertiary alicyclic amines) is 1. The highest BCUT2D eigenvalue weighted by atomic mass is 19.2. The maximum absolute atomic E-state index is 13.8. The summed E-state index contributed by atoms with van der Waals surface area (Å²) in [5.74, 6) is 2.83. The van der Waals surface area contributed by atoms with Gasteiger partial charge in [-0.15, -0.1) is 0 Å². The highest BCUT2D eigenvalue weighted by Crippen LogP contribution is 2.37. The first-order valence-corrected chi connectivity index (χ1v) is 12.4. The lowest BCUT2D eigenvalue weighted by atomic mass is 9.75. The number of aliphatic hydroxyl groups excluding tert-OH is 2. The molecule has 1 fully saturated rings. The van der Waals surface area contributed by atoms with Crippen molar-refractivity contribution < 1.29 is 28.1 Å². The molecule has 0 unspecified atom stereocenters. The van der Waals surface area contributed by atoms with E-state index in [2.05, 4.69) is 21.7 Å². The van der Waals surface area contributed by atoms with Crippen LogP contribution in [0.4, 0.5) is 13.2 Å². The Bertz CT molecular complexity index is 1310. The SMILES string of the molecule is COc1ccc2ncc(CO)c(CCCC3(CO)CCN(CC#Cc4cc(F)cc(F)c4F)CC3)c2c1. The Hall–Kier alpha value is -3.12. The number of hydrogen-bond acceptors (Lipinski definition) is 5. The molecular formula is C29H31F3N2O3. The van der Waals surface area contributed by atoms with Crippen molar-refractivity contribution in [2.24, 2.45) is 5.41 Å². The van der Waals surface area contributed by atoms with Gasteiger partial charge >= 0.3 is 0 Å². The van der Waals surface area contributed by atoms with E-state index in [0.717, 1.165) is 65.9 Å². The number of aromatic nitrogens is 1. The zero-order valence-corrected chi connectivity index (χ0v) is 20.9. The summed E-state index contributed by atoms with van der Waals surface area (Å²) in [5, 5.41) is 21.1. The molecule has 2 aromatic carbocycles. The largest absolute Gasteiger partial charge is 0.497 e. The second kappa shape index (κ2) is 12.0. The van der Waals surface area contributed by atoms with Gasteiger partial charge in [-0.25, -0.2) is 13.2 Å². The van der Waals surface area contributed by atoms with Crippen LogP contribution in [-0.2, 0) is 13.0 Å². The van der Waals surface area contributed by atoms with Crippen molar-refractivity contribution in [2.45, 2.75) is 38.7 Å². The molecule has 0 radical (unpaired) electrons. The number of aryl methyl sites for hydroxylation is 1. The van der Waals surface area contributed by atoms with Crippen molar-refractivity contribution in [3.63, 3.8) is 0 Å². The van der Waals surface area contributed by atoms with Crippen LogP contribution in [0.3, 0.4) is 0 Å². The number of methoxy groups -OCH3 is 1. The van der Waals surface area contributed by atoms with Crippen LogP contribution in [-0.4, -0.2) is 53.4 Å². The molecular weight excluding hydrogens is 481 g/mol. The minimum atomic E-state index is -1.25. The molecule has 0 aliphatic carbocycles. The van der Waals surface area contributed by atoms with Crippen molar-refractivity contribution in [1.29, 1.82) is 0 Å². The predicted octanol–water partition coefficient (Wildman–Crippen LogP) is 4.60. The molecule has 3 aromatic rings. The summed E-state index contributed by atoms with van der Waals surface area (Å²) in [4.78, 5) is 6.55. The molecule has 37 heavy (non-hydrogen) atoms. The van der Waals surface area contributed by atoms with Crippen LogP contribution in [0, 0.1) is 34.7 Å². The first-order chi connectivity index (χ1) is 17.9. The van der Waals surface area contributed by atoms with E-state index in [1.54, 1.807) is 13.3 Å². The lowest BCUT2D eigenvalue weighted by Gasteiger charge is -2.40. The van der Waals surface area contributed by atoms with Crippen molar-refractivity contribution in [2.75, 3.05) is 33.4 Å². The summed E-state index contributed by atoms with van der Waals surface area (Å²) in [6.45, 7) is 1.77. The van der Waals surface area contributed by atoms with E-state index < -0.39 is 17.5 Å². The molecule has 196 valence electrons. The summed E-state index contributed by atoms with van der Waals surface area (Å²) >= 11 is 0. The van der Waals surface area contributed by atoms with Crippen LogP contribution >= 0.6 is 0 Å². The number of aliphatic hydroxyl groups is 2. The molecule has 0 atom stereocenters. The van der Waals surface area contributed by atoms with Gasteiger partial charge < -0.3 is 14.9 Å². The molecule has 0 bridgehead atoms. The van der Waals surface area contributed by atoms with Crippen LogP contribution in [0.1, 0.15) is 42.4 Å². The van der Waals surface area contributed by atoms with Gasteiger partial charge in [0, 0.05) is 24.3 Å². The summed E-state index contributed by atoms with van der Waals surface area (Å²) in [6, 6.07) is 7.11. The van der Waals surface area contributed by atoms with E-state index in [1.807, 2.05) is 18.2 Å². The Morgan fingerprint density at radius 3 is 2.59 bits per heavy atom. The van der Waals surface area contributed by atoms with Gasteiger partial charge in [-0.05, 0) is 86.0 Å². The number of halogens is 3. The van der Waals surface area contributed by atoms with Crippen LogP contribution in [0.2, 0.25) is 0 Å². The Labute approximate surface area is 214 Å². The lowest BCUT2D eigenvalue weighted by Crippen LogP contribution is -2.42. The first kappa shape index (κ1) is 26.9. The fourth-order valence-electron chi connectivity index (χ4n) is 5.03. The number of pyridine rings is 1. The average molecular weight is 513 g/mol. The number of rotatable bonds is 8. The van der Waals surface area contributed by atoms with Gasteiger partial charge in [-0.3, -0.25) is 9.88 Å². The van der Waals surface area contributed by atoms with E-state index in [0.29, 0.717) is 25.7 Å². The number of piperidine rings is 1. The van der Waals surface area contributed by atoms with E-state index in [-0.39, 0.29) is 24.2 Å². The van der Waals surface area contributed by atoms with Gasteiger partial charge in [0.25, 0.3) is 0 Å². The molecule has 0 amide bonds. The van der Waals surface area contributed by atoms with Crippen molar-refractivity contribution in [3.8, 4) is 17.6 Å². The van der Waals surface area contributed by atoms with Gasteiger partial charge in [0.15, 0.2) is 11.6 Å². The van der Waals surface area contributed by atoms with Gasteiger partial charge in [0.1, 0.15) is 11.6 Å². The normalized spacial score (nSPS) is 15.4. The summed E-state index contributed by atoms with van der Waals surface area (Å²) < 4.78 is 45.9. The van der Waals surface area contributed by atoms with E-state index in [9.17, 15) is 23.4 Å². The first-order valence-electron chi connectivity index (χ1n) is 12.4. The Morgan fingerprint density at radius 1 is 1.11 bits per heavy atom. The highest BCUT2D eigenvalue weighted by Gasteiger charge is 2.33. The monoisotopic (exact) mass is 512 g/mol. The van der Waals surface area contributed by atoms with Crippen LogP contribution in [0.15, 0.2) is 36.5 Å². The van der Waals surface area contributed by atoms with E-state index >= 15 is 0 Å². The maximum Gasteiger partial charge on any atom is 0.174 e. The summed E-state index contributed by atoms with van der Waals surface area (Å²) in [5.41, 5.74) is 2.19. The van der Waals surface area contributed by atoms with E-state index in [4.69, 9.17) is 4.74 Å². The Kier molecular flexibility index (Phi) is 8.70. The molecule has 1 aromatic heterocycles. The zero-order chi connectivity index (χ0) is 26.4. The molecule has 5 nitrogen and oxygen atoms in total. The number of hydrogen-bond donors (Lipinski definition) is 2. The number of nitrogens with zero attached hydrogens (tertiary/aromatic N) is 2. The van der Waals surface area contributed by atoms with Crippen LogP contribution < -0.4 is 4.74 Å². The van der Waals surface area contributed by atoms with Gasteiger partial charge in [-0.2, -0.15) is 0 Å². The lowest BCUT2D eigenvalue weighted by molar-refractivity contribution is 0.0401. The average Bonchev–Trinajstić information content (AvgIpc) is 2.92. The topological polar surface area (TPSA) is 65.8 Å². The third-order valence-corrected chi connectivity index (χ3v) is 7.35. The molecule has 0 saturated carbocycles. The number of fused-ring (bicyclic) bond motifs is 1. The Morgan fingerprint density at radius 2 is 1.89 bits per heavy atom. The molecule has 8 heteroatoms. The summed E-state index contributed by atoms with van der Waals surface area (Å²) in [6.07, 6.45) is 5.70. The number of benzene rings is 2. The van der Waals surface area contributed by atoms with Crippen LogP contribution in [0.5, 0.6) is 5.75 Å². The van der Waals surface area contributed by atoms with Crippen molar-refractivity contribution >= 4 is 10.9 Å². The van der Waals surface area contributed by atoms with Crippen molar-refractivity contribution in [1.82, 2.24) is 9.88 Å². The standard InChI is InChI=1S/C29H31F3N2O3/c1-37-23-6-7-27-25(16-23)24(21(18-35)17-33-27)5-2-8-29(19-36)9-12-34(13-10-29)11-3-4-20-14-22(30)15-26(31)28(20)32/h6-7,14-17,35-36H,2,5,8-13,18-19H2,1H3. The highest BCUT2D eigenvalue weighted by molar-refractivity contribution is 5.84. The molecule has 2 N–H and O–H groups in total. The second-order valence-corrected chi connectivity index (χ2v) is 9.64. The number of ether oxygens (including phenoxy) is 1. The van der Waals surface area contributed by atoms with E-state index in [1.165, 1.54) is 0 Å². The minimum Gasteiger partial charge on any atom is -0.497 e. The fraction of sp³-hybridized carbons (Fsp3) is 0.414.